The molecule has 6 aromatic heterocycles. The van der Waals surface area contributed by atoms with Crippen LogP contribution in [0.15, 0.2) is 284 Å². The summed E-state index contributed by atoms with van der Waals surface area (Å²) in [6, 6.07) is 63.5. The van der Waals surface area contributed by atoms with E-state index in [1.807, 2.05) is 149 Å². The number of methoxy groups -OCH3 is 2. The van der Waals surface area contributed by atoms with Gasteiger partial charge in [0.1, 0.15) is 78.4 Å². The third-order valence-electron chi connectivity index (χ3n) is 14.4. The molecule has 0 radical (unpaired) electrons. The highest BCUT2D eigenvalue weighted by Crippen LogP contribution is 2.14. The molecule has 0 aliphatic rings. The number of thioether (sulfide) groups is 6. The number of amidine groups is 4. The Labute approximate surface area is 842 Å². The van der Waals surface area contributed by atoms with Crippen LogP contribution in [-0.4, -0.2) is 145 Å². The summed E-state index contributed by atoms with van der Waals surface area (Å²) < 4.78 is 43.2. The van der Waals surface area contributed by atoms with Gasteiger partial charge in [-0.15, -0.1) is 0 Å². The molecular formula is C95H122N22O18S6. The summed E-state index contributed by atoms with van der Waals surface area (Å²) in [5.41, 5.74) is 42.0. The highest BCUT2D eigenvalue weighted by molar-refractivity contribution is 8.04. The average molecular weight is 2050 g/mol. The number of thiocyanates is 6. The molecule has 46 heteroatoms. The van der Waals surface area contributed by atoms with Crippen LogP contribution in [-0.2, 0) is 28.6 Å². The lowest BCUT2D eigenvalue weighted by atomic mass is 10.2. The van der Waals surface area contributed by atoms with E-state index in [4.69, 9.17) is 130 Å². The molecule has 0 bridgehead atoms. The van der Waals surface area contributed by atoms with Gasteiger partial charge in [0, 0.05) is 134 Å². The SMILES string of the molecule is CC(=O)CCCC(=N)N.CCOCCC(=N)N.CNC(=O)CCCC(=N)N.CNCN=C(N)N.COC(=O)CCCC(=N)N.COCN=C(N)N.CSC#N.CSC#N.CSC#N.CSC#N.CSC#N.CSC#N.O=c1ccc2ccccc2o1.O=c1ccc2ccccc2o1.O=c1ccc2ccccc2o1.O=c1ccc2ccccc2o1.O=c1ccc2ccccc2o1.O=c1ccc2ccccc2o1. The number of ether oxygens (including phenoxy) is 3. The van der Waals surface area contributed by atoms with E-state index in [1.54, 1.807) is 131 Å². The normalized spacial score (nSPS) is 8.78. The van der Waals surface area contributed by atoms with Crippen molar-refractivity contribution < 1.29 is 55.1 Å². The number of hydrogen-bond acceptors (Lipinski definition) is 37. The summed E-state index contributed by atoms with van der Waals surface area (Å²) in [4.78, 5) is 103. The van der Waals surface area contributed by atoms with Crippen LogP contribution in [0.3, 0.4) is 0 Å². The number of nitriles is 6. The molecule has 0 fully saturated rings. The molecule has 0 atom stereocenters. The van der Waals surface area contributed by atoms with Crippen molar-refractivity contribution in [2.75, 3.05) is 92.5 Å². The van der Waals surface area contributed by atoms with Crippen LogP contribution in [0.5, 0.6) is 0 Å². The number of carbonyl (C=O) groups is 3. The van der Waals surface area contributed by atoms with E-state index < -0.39 is 0 Å². The maximum Gasteiger partial charge on any atom is 0.336 e. The van der Waals surface area contributed by atoms with Gasteiger partial charge in [0.15, 0.2) is 11.9 Å². The summed E-state index contributed by atoms with van der Waals surface area (Å²) in [7, 11) is 6.23. The molecule has 40 nitrogen and oxygen atoms in total. The summed E-state index contributed by atoms with van der Waals surface area (Å²) in [6.45, 7) is 5.46. The fourth-order valence-electron chi connectivity index (χ4n) is 8.32. The van der Waals surface area contributed by atoms with Crippen molar-refractivity contribution in [1.29, 1.82) is 53.2 Å². The predicted molar refractivity (Wildman–Crippen MR) is 574 cm³/mol. The number of rotatable bonds is 20. The van der Waals surface area contributed by atoms with E-state index in [2.05, 4.69) is 30.1 Å². The van der Waals surface area contributed by atoms with Gasteiger partial charge in [-0.05, 0) is 221 Å². The van der Waals surface area contributed by atoms with Crippen molar-refractivity contribution in [3.05, 3.63) is 281 Å². The van der Waals surface area contributed by atoms with Gasteiger partial charge in [-0.3, -0.25) is 31.2 Å². The molecule has 6 aromatic carbocycles. The number of fused-ring (bicyclic) bond motifs is 6. The van der Waals surface area contributed by atoms with Crippen LogP contribution >= 0.6 is 70.6 Å². The maximum absolute atomic E-state index is 10.7. The number of guanidine groups is 2. The minimum Gasteiger partial charge on any atom is -0.469 e. The Kier molecular flexibility index (Phi) is 93.0. The van der Waals surface area contributed by atoms with Gasteiger partial charge in [-0.25, -0.2) is 38.8 Å². The standard InChI is InChI=1S/6C9H6O2.C6H13N3O.C6H12N2O2.C6H12N2O.C5H12N2O.C3H10N4.C3H9N3O.6C2H3NS/c6*10-9-6-5-7-3-1-2-4-8(7)11-9;1-9-6(10)4-2-3-5(7)8;1-10-6(9)4-2-3-5(7)8;1-5(9)3-2-4-6(7)8;1-2-8-4-3-5(6)7;1-6-2-7-3(4)5;1-7-2-6-3(4)5;6*1-4-2-3/h6*1-6H;2-4H2,1H3,(H3,7,8)(H,9,10);2-4H2,1H3,(H3,7,8);2-4H2,1H3,(H3,7,8);2-4H2,1H3,(H3,6,7);6H,2H2,1H3,(H4,4,5,7);2H2,1H3,(H4,4,5,6);6*1H3. The highest BCUT2D eigenvalue weighted by Gasteiger charge is 2.02. The fraction of sp³-hybridized carbons (Fsp3) is 0.274. The Hall–Kier alpha value is -15.5. The van der Waals surface area contributed by atoms with Gasteiger partial charge < -0.3 is 102 Å². The number of benzene rings is 6. The first-order valence-corrected chi connectivity index (χ1v) is 48.1. The highest BCUT2D eigenvalue weighted by atomic mass is 32.2. The zero-order chi connectivity index (χ0) is 108. The van der Waals surface area contributed by atoms with Crippen molar-refractivity contribution in [1.82, 2.24) is 10.6 Å². The van der Waals surface area contributed by atoms with Gasteiger partial charge in [0.2, 0.25) is 5.91 Å². The molecule has 141 heavy (non-hydrogen) atoms. The molecule has 0 aliphatic heterocycles. The number of nitrogens with one attached hydrogen (secondary N) is 6. The minimum absolute atomic E-state index is 0.00116. The molecule has 756 valence electrons. The second-order valence-electron chi connectivity index (χ2n) is 25.2. The smallest absolute Gasteiger partial charge is 0.336 e. The molecule has 22 N–H and O–H groups in total. The molecule has 0 saturated carbocycles. The Bertz CT molecular complexity index is 5420. The monoisotopic (exact) mass is 2050 g/mol. The Morgan fingerprint density at radius 2 is 0.582 bits per heavy atom. The van der Waals surface area contributed by atoms with Crippen molar-refractivity contribution >= 4 is 189 Å². The lowest BCUT2D eigenvalue weighted by Crippen LogP contribution is -2.24. The van der Waals surface area contributed by atoms with E-state index in [0.29, 0.717) is 118 Å². The summed E-state index contributed by atoms with van der Waals surface area (Å²) in [6.07, 6.45) is 15.8. The van der Waals surface area contributed by atoms with Crippen molar-refractivity contribution in [3.8, 4) is 32.4 Å². The van der Waals surface area contributed by atoms with E-state index in [-0.39, 0.29) is 93.4 Å². The van der Waals surface area contributed by atoms with Gasteiger partial charge in [0.05, 0.1) is 43.7 Å². The summed E-state index contributed by atoms with van der Waals surface area (Å²) in [5, 5.41) is 94.8. The first kappa shape index (κ1) is 136. The number of aliphatic imine (C=N–C) groups is 2. The quantitative estimate of drug-likeness (QED) is 0.00841. The Morgan fingerprint density at radius 1 is 0.355 bits per heavy atom. The van der Waals surface area contributed by atoms with Crippen LogP contribution in [0, 0.1) is 85.6 Å². The van der Waals surface area contributed by atoms with Crippen LogP contribution in [0.25, 0.3) is 65.8 Å². The maximum atomic E-state index is 10.7. The first-order chi connectivity index (χ1) is 67.4. The van der Waals surface area contributed by atoms with Crippen LogP contribution < -0.4 is 90.3 Å². The second kappa shape index (κ2) is 96.2. The van der Waals surface area contributed by atoms with E-state index >= 15 is 0 Å². The number of nitrogens with two attached hydrogens (primary N) is 8. The van der Waals surface area contributed by atoms with E-state index in [0.717, 1.165) is 103 Å². The molecule has 12 aromatic rings. The number of ketones is 1. The molecule has 12 rings (SSSR count). The number of esters is 1. The average Bonchev–Trinajstić information content (AvgIpc) is 0.884. The number of carbonyl (C=O) groups excluding carboxylic acids is 3. The number of hydrogen-bond donors (Lipinski definition) is 14. The number of para-hydroxylation sites is 6. The Morgan fingerprint density at radius 3 is 0.752 bits per heavy atom. The lowest BCUT2D eigenvalue weighted by molar-refractivity contribution is -0.140. The zero-order valence-corrected chi connectivity index (χ0v) is 85.1. The Balaban J connectivity index is -0.000000346. The van der Waals surface area contributed by atoms with Crippen molar-refractivity contribution in [2.24, 2.45) is 55.9 Å². The van der Waals surface area contributed by atoms with Gasteiger partial charge in [-0.1, -0.05) is 109 Å². The third kappa shape index (κ3) is 88.3. The van der Waals surface area contributed by atoms with Crippen LogP contribution in [0.1, 0.15) is 78.1 Å². The van der Waals surface area contributed by atoms with Crippen molar-refractivity contribution in [3.63, 3.8) is 0 Å². The zero-order valence-electron chi connectivity index (χ0n) is 80.2. The van der Waals surface area contributed by atoms with E-state index in [1.165, 1.54) is 50.6 Å². The molecule has 0 spiro atoms. The largest absolute Gasteiger partial charge is 0.469 e. The van der Waals surface area contributed by atoms with E-state index in [9.17, 15) is 43.2 Å². The minimum atomic E-state index is -0.302. The first-order valence-electron chi connectivity index (χ1n) is 40.8. The van der Waals surface area contributed by atoms with Gasteiger partial charge >= 0.3 is 39.7 Å². The molecular weight excluding hydrogens is 1930 g/mol. The molecule has 1 amide bonds. The van der Waals surface area contributed by atoms with Crippen molar-refractivity contribution in [2.45, 2.75) is 78.1 Å². The topological polar surface area (TPSA) is 755 Å². The lowest BCUT2D eigenvalue weighted by Gasteiger charge is -1.97. The van der Waals surface area contributed by atoms with Gasteiger partial charge in [-0.2, -0.15) is 31.6 Å². The molecule has 0 aliphatic carbocycles. The second-order valence-corrected chi connectivity index (χ2v) is 28.7. The molecule has 0 saturated heterocycles. The molecule has 6 heterocycles. The third-order valence-corrected chi connectivity index (χ3v) is 15.5. The van der Waals surface area contributed by atoms with Crippen LogP contribution in [0.4, 0.5) is 0 Å². The van der Waals surface area contributed by atoms with Crippen LogP contribution in [0.2, 0.25) is 0 Å². The number of amides is 1. The number of nitrogens with zero attached hydrogens (tertiary/aromatic N) is 8. The number of Topliss-reactive ketones (excluding diaryl/α,β-unsaturated/α-hetero) is 1. The predicted octanol–water partition coefficient (Wildman–Crippen LogP) is 14.2. The van der Waals surface area contributed by atoms with Gasteiger partial charge in [0.25, 0.3) is 0 Å². The summed E-state index contributed by atoms with van der Waals surface area (Å²) >= 11 is 6.97. The summed E-state index contributed by atoms with van der Waals surface area (Å²) in [5.74, 6) is 0.706. The molecule has 0 unspecified atom stereocenters. The fourth-order valence-corrected chi connectivity index (χ4v) is 8.32.